The Labute approximate surface area is 114 Å². The summed E-state index contributed by atoms with van der Waals surface area (Å²) in [6.07, 6.45) is 1.29. The molecule has 0 aliphatic heterocycles. The topological polar surface area (TPSA) is 81.0 Å². The van der Waals surface area contributed by atoms with E-state index in [4.69, 9.17) is 9.15 Å². The van der Waals surface area contributed by atoms with Gasteiger partial charge in [-0.2, -0.15) is 5.10 Å². The Hall–Kier alpha value is -2.63. The largest absolute Gasteiger partial charge is 0.461 e. The molecule has 0 atom stereocenters. The molecule has 0 aliphatic carbocycles. The second-order valence-corrected chi connectivity index (χ2v) is 4.33. The van der Waals surface area contributed by atoms with Crippen molar-refractivity contribution in [2.75, 3.05) is 6.61 Å². The van der Waals surface area contributed by atoms with Crippen LogP contribution in [0.15, 0.2) is 28.9 Å². The monoisotopic (exact) mass is 271 g/mol. The molecule has 2 heterocycles. The van der Waals surface area contributed by atoms with Gasteiger partial charge in [-0.3, -0.25) is 5.10 Å². The molecule has 0 amide bonds. The average Bonchev–Trinajstić information content (AvgIpc) is 3.05. The molecule has 0 unspecified atom stereocenters. The zero-order valence-corrected chi connectivity index (χ0v) is 11.1. The van der Waals surface area contributed by atoms with E-state index in [0.717, 1.165) is 16.5 Å². The third-order valence-corrected chi connectivity index (χ3v) is 2.99. The Kier molecular flexibility index (Phi) is 2.98. The van der Waals surface area contributed by atoms with Crippen LogP contribution < -0.4 is 0 Å². The van der Waals surface area contributed by atoms with Crippen LogP contribution in [-0.4, -0.2) is 27.8 Å². The molecule has 102 valence electrons. The van der Waals surface area contributed by atoms with Crippen molar-refractivity contribution in [3.05, 3.63) is 35.7 Å². The van der Waals surface area contributed by atoms with Gasteiger partial charge in [-0.1, -0.05) is 18.2 Å². The lowest BCUT2D eigenvalue weighted by Crippen LogP contribution is -2.04. The number of benzene rings is 1. The average molecular weight is 271 g/mol. The molecule has 3 aromatic rings. The molecule has 0 radical (unpaired) electrons. The summed E-state index contributed by atoms with van der Waals surface area (Å²) in [7, 11) is 0. The Bertz CT molecular complexity index is 773. The second kappa shape index (κ2) is 4.80. The zero-order chi connectivity index (χ0) is 14.1. The number of carbonyl (C=O) groups excluding carboxylic acids is 1. The number of hydrogen-bond acceptors (Lipinski definition) is 5. The van der Waals surface area contributed by atoms with Gasteiger partial charge in [0, 0.05) is 5.39 Å². The molecule has 20 heavy (non-hydrogen) atoms. The van der Waals surface area contributed by atoms with E-state index >= 15 is 0 Å². The lowest BCUT2D eigenvalue weighted by molar-refractivity contribution is 0.0519. The third-order valence-electron chi connectivity index (χ3n) is 2.99. The number of ether oxygens (including phenoxy) is 1. The number of nitrogens with one attached hydrogen (secondary N) is 1. The molecular formula is C14H13N3O3. The van der Waals surface area contributed by atoms with Crippen molar-refractivity contribution < 1.29 is 13.9 Å². The highest BCUT2D eigenvalue weighted by atomic mass is 16.5. The minimum absolute atomic E-state index is 0.150. The van der Waals surface area contributed by atoms with Crippen LogP contribution in [0.25, 0.3) is 22.5 Å². The fourth-order valence-electron chi connectivity index (χ4n) is 2.03. The van der Waals surface area contributed by atoms with E-state index in [1.807, 2.05) is 25.1 Å². The fourth-order valence-corrected chi connectivity index (χ4v) is 2.03. The highest BCUT2D eigenvalue weighted by molar-refractivity contribution is 5.93. The van der Waals surface area contributed by atoms with E-state index in [9.17, 15) is 4.79 Å². The molecule has 0 bridgehead atoms. The first-order valence-corrected chi connectivity index (χ1v) is 6.27. The Morgan fingerprint density at radius 2 is 2.30 bits per heavy atom. The summed E-state index contributed by atoms with van der Waals surface area (Å²) in [6.45, 7) is 4.02. The van der Waals surface area contributed by atoms with E-state index in [1.54, 1.807) is 6.92 Å². The smallest absolute Gasteiger partial charge is 0.360 e. The van der Waals surface area contributed by atoms with Crippen molar-refractivity contribution in [2.24, 2.45) is 0 Å². The normalized spacial score (nSPS) is 10.9. The van der Waals surface area contributed by atoms with Crippen LogP contribution >= 0.6 is 0 Å². The summed E-state index contributed by atoms with van der Waals surface area (Å²) >= 11 is 0. The number of hydrogen-bond donors (Lipinski definition) is 1. The van der Waals surface area contributed by atoms with Gasteiger partial charge in [-0.25, -0.2) is 9.78 Å². The first-order chi connectivity index (χ1) is 9.70. The molecule has 0 saturated heterocycles. The molecule has 2 aromatic heterocycles. The van der Waals surface area contributed by atoms with Crippen molar-refractivity contribution in [1.82, 2.24) is 15.2 Å². The minimum atomic E-state index is -0.498. The van der Waals surface area contributed by atoms with E-state index in [-0.39, 0.29) is 5.69 Å². The number of esters is 1. The van der Waals surface area contributed by atoms with Gasteiger partial charge in [0.2, 0.25) is 5.89 Å². The molecule has 3 rings (SSSR count). The number of para-hydroxylation sites is 1. The summed E-state index contributed by atoms with van der Waals surface area (Å²) in [5, 5.41) is 8.05. The van der Waals surface area contributed by atoms with E-state index in [1.165, 1.54) is 6.26 Å². The number of rotatable bonds is 3. The molecule has 0 saturated carbocycles. The number of aromatic amines is 1. The van der Waals surface area contributed by atoms with Crippen LogP contribution in [0.1, 0.15) is 23.0 Å². The zero-order valence-electron chi connectivity index (χ0n) is 11.1. The molecule has 0 spiro atoms. The third kappa shape index (κ3) is 1.95. The Balaban J connectivity index is 2.04. The van der Waals surface area contributed by atoms with Crippen LogP contribution in [0.5, 0.6) is 0 Å². The predicted molar refractivity (Wildman–Crippen MR) is 72.3 cm³/mol. The van der Waals surface area contributed by atoms with Crippen LogP contribution in [-0.2, 0) is 4.74 Å². The minimum Gasteiger partial charge on any atom is -0.461 e. The van der Waals surface area contributed by atoms with Gasteiger partial charge in [-0.05, 0) is 19.4 Å². The van der Waals surface area contributed by atoms with Gasteiger partial charge in [0.05, 0.1) is 12.1 Å². The number of aromatic nitrogens is 3. The van der Waals surface area contributed by atoms with Crippen molar-refractivity contribution >= 4 is 16.9 Å². The standard InChI is InChI=1S/C14H13N3O3/c1-3-19-14(18)10-7-20-13(15-10)12-9-6-4-5-8(2)11(9)16-17-12/h4-7H,3H2,1-2H3,(H,16,17). The highest BCUT2D eigenvalue weighted by Gasteiger charge is 2.17. The number of carbonyl (C=O) groups is 1. The summed E-state index contributed by atoms with van der Waals surface area (Å²) in [5.74, 6) is -0.177. The first kappa shape index (κ1) is 12.4. The van der Waals surface area contributed by atoms with Crippen LogP contribution in [0.3, 0.4) is 0 Å². The Morgan fingerprint density at radius 3 is 3.10 bits per heavy atom. The summed E-state index contributed by atoms with van der Waals surface area (Å²) in [5.41, 5.74) is 2.72. The quantitative estimate of drug-likeness (QED) is 0.741. The van der Waals surface area contributed by atoms with Crippen molar-refractivity contribution in [3.63, 3.8) is 0 Å². The number of fused-ring (bicyclic) bond motifs is 1. The van der Waals surface area contributed by atoms with Gasteiger partial charge in [0.1, 0.15) is 12.0 Å². The molecule has 6 heteroatoms. The van der Waals surface area contributed by atoms with Crippen molar-refractivity contribution in [3.8, 4) is 11.6 Å². The van der Waals surface area contributed by atoms with E-state index < -0.39 is 5.97 Å². The van der Waals surface area contributed by atoms with Crippen molar-refractivity contribution in [2.45, 2.75) is 13.8 Å². The van der Waals surface area contributed by atoms with Crippen LogP contribution in [0.4, 0.5) is 0 Å². The molecule has 1 N–H and O–H groups in total. The number of nitrogens with zero attached hydrogens (tertiary/aromatic N) is 2. The molecule has 1 aromatic carbocycles. The maximum absolute atomic E-state index is 11.6. The first-order valence-electron chi connectivity index (χ1n) is 6.27. The highest BCUT2D eigenvalue weighted by Crippen LogP contribution is 2.27. The summed E-state index contributed by atoms with van der Waals surface area (Å²) in [4.78, 5) is 15.7. The maximum Gasteiger partial charge on any atom is 0.360 e. The number of aryl methyl sites for hydroxylation is 1. The summed E-state index contributed by atoms with van der Waals surface area (Å²) < 4.78 is 10.2. The number of oxazole rings is 1. The van der Waals surface area contributed by atoms with Crippen LogP contribution in [0, 0.1) is 6.92 Å². The molecule has 6 nitrogen and oxygen atoms in total. The molecular weight excluding hydrogens is 258 g/mol. The van der Waals surface area contributed by atoms with Crippen molar-refractivity contribution in [1.29, 1.82) is 0 Å². The predicted octanol–water partition coefficient (Wildman–Crippen LogP) is 2.70. The van der Waals surface area contributed by atoms with Gasteiger partial charge in [0.25, 0.3) is 0 Å². The van der Waals surface area contributed by atoms with Gasteiger partial charge < -0.3 is 9.15 Å². The van der Waals surface area contributed by atoms with Gasteiger partial charge in [-0.15, -0.1) is 0 Å². The lowest BCUT2D eigenvalue weighted by atomic mass is 10.1. The molecule has 0 fully saturated rings. The maximum atomic E-state index is 11.6. The van der Waals surface area contributed by atoms with Gasteiger partial charge >= 0.3 is 5.97 Å². The lowest BCUT2D eigenvalue weighted by Gasteiger charge is -1.95. The summed E-state index contributed by atoms with van der Waals surface area (Å²) in [6, 6.07) is 5.84. The van der Waals surface area contributed by atoms with E-state index in [2.05, 4.69) is 15.2 Å². The number of H-pyrrole nitrogens is 1. The van der Waals surface area contributed by atoms with Crippen LogP contribution in [0.2, 0.25) is 0 Å². The fraction of sp³-hybridized carbons (Fsp3) is 0.214. The second-order valence-electron chi connectivity index (χ2n) is 4.33. The van der Waals surface area contributed by atoms with E-state index in [0.29, 0.717) is 18.2 Å². The SMILES string of the molecule is CCOC(=O)c1coc(-c2[nH]nc3c(C)cccc23)n1. The molecule has 0 aliphatic rings. The van der Waals surface area contributed by atoms with Gasteiger partial charge in [0.15, 0.2) is 5.69 Å². The Morgan fingerprint density at radius 1 is 1.45 bits per heavy atom.